The van der Waals surface area contributed by atoms with E-state index in [9.17, 15) is 4.79 Å². The van der Waals surface area contributed by atoms with Crippen LogP contribution in [0.1, 0.15) is 29.5 Å². The van der Waals surface area contributed by atoms with E-state index >= 15 is 0 Å². The summed E-state index contributed by atoms with van der Waals surface area (Å²) in [6.45, 7) is 2.88. The minimum atomic E-state index is 0.0796. The topological polar surface area (TPSA) is 47.8 Å². The van der Waals surface area contributed by atoms with E-state index < -0.39 is 0 Å². The summed E-state index contributed by atoms with van der Waals surface area (Å²) >= 11 is 0. The molecule has 0 fully saturated rings. The summed E-state index contributed by atoms with van der Waals surface area (Å²) in [6, 6.07) is 9.27. The summed E-state index contributed by atoms with van der Waals surface area (Å²) in [5, 5.41) is 4.11. The van der Waals surface area contributed by atoms with Gasteiger partial charge in [0.1, 0.15) is 12.2 Å². The van der Waals surface area contributed by atoms with Gasteiger partial charge in [-0.05, 0) is 6.42 Å². The summed E-state index contributed by atoms with van der Waals surface area (Å²) in [5.41, 5.74) is 0.721. The van der Waals surface area contributed by atoms with Gasteiger partial charge in [-0.1, -0.05) is 37.3 Å². The van der Waals surface area contributed by atoms with Gasteiger partial charge in [-0.25, -0.2) is 9.67 Å². The highest BCUT2D eigenvalue weighted by atomic mass is 16.1. The highest BCUT2D eigenvalue weighted by Crippen LogP contribution is 2.05. The maximum atomic E-state index is 12.0. The van der Waals surface area contributed by atoms with Crippen molar-refractivity contribution in [3.63, 3.8) is 0 Å². The predicted octanol–water partition coefficient (Wildman–Crippen LogP) is 2.11. The molecule has 0 aliphatic heterocycles. The molecule has 0 atom stereocenters. The van der Waals surface area contributed by atoms with E-state index in [4.69, 9.17) is 0 Å². The van der Waals surface area contributed by atoms with E-state index in [1.807, 2.05) is 30.3 Å². The van der Waals surface area contributed by atoms with Crippen LogP contribution < -0.4 is 0 Å². The summed E-state index contributed by atoms with van der Waals surface area (Å²) in [5.74, 6) is 0.816. The fraction of sp³-hybridized carbons (Fsp3) is 0.308. The highest BCUT2D eigenvalue weighted by molar-refractivity contribution is 5.97. The van der Waals surface area contributed by atoms with Crippen molar-refractivity contribution < 1.29 is 4.79 Å². The van der Waals surface area contributed by atoms with Gasteiger partial charge in [-0.2, -0.15) is 5.10 Å². The van der Waals surface area contributed by atoms with Crippen LogP contribution in [0, 0.1) is 0 Å². The molecule has 0 N–H and O–H groups in total. The molecule has 88 valence electrons. The quantitative estimate of drug-likeness (QED) is 0.738. The number of carbonyl (C=O) groups is 1. The Bertz CT molecular complexity index is 490. The first-order valence-electron chi connectivity index (χ1n) is 5.76. The predicted molar refractivity (Wildman–Crippen MR) is 64.8 cm³/mol. The number of aryl methyl sites for hydroxylation is 1. The van der Waals surface area contributed by atoms with Gasteiger partial charge in [0.15, 0.2) is 5.78 Å². The van der Waals surface area contributed by atoms with Gasteiger partial charge in [0, 0.05) is 12.1 Å². The van der Waals surface area contributed by atoms with Crippen molar-refractivity contribution in [2.24, 2.45) is 0 Å². The molecule has 2 rings (SSSR count). The molecule has 0 aliphatic rings. The second kappa shape index (κ2) is 5.39. The standard InChI is InChI=1S/C13H15N3O/c1-2-8-16-13(14-10-15-16)9-12(17)11-6-4-3-5-7-11/h3-7,10H,2,8-9H2,1H3. The van der Waals surface area contributed by atoms with Gasteiger partial charge in [-0.3, -0.25) is 4.79 Å². The molecule has 1 aromatic carbocycles. The second-order valence-corrected chi connectivity index (χ2v) is 3.87. The number of benzene rings is 1. The van der Waals surface area contributed by atoms with Gasteiger partial charge >= 0.3 is 0 Å². The molecular formula is C13H15N3O. The average Bonchev–Trinajstić information content (AvgIpc) is 2.78. The Hall–Kier alpha value is -1.97. The van der Waals surface area contributed by atoms with Crippen molar-refractivity contribution in [3.05, 3.63) is 48.0 Å². The Morgan fingerprint density at radius 2 is 2.06 bits per heavy atom. The molecular weight excluding hydrogens is 214 g/mol. The summed E-state index contributed by atoms with van der Waals surface area (Å²) in [6.07, 6.45) is 2.79. The first kappa shape index (κ1) is 11.5. The third-order valence-electron chi connectivity index (χ3n) is 2.55. The van der Waals surface area contributed by atoms with E-state index in [-0.39, 0.29) is 5.78 Å². The number of Topliss-reactive ketones (excluding diaryl/α,β-unsaturated/α-hetero) is 1. The third-order valence-corrected chi connectivity index (χ3v) is 2.55. The molecule has 0 unspecified atom stereocenters. The molecule has 2 aromatic rings. The summed E-state index contributed by atoms with van der Waals surface area (Å²) < 4.78 is 1.79. The highest BCUT2D eigenvalue weighted by Gasteiger charge is 2.11. The molecule has 0 saturated heterocycles. The molecule has 17 heavy (non-hydrogen) atoms. The van der Waals surface area contributed by atoms with Crippen molar-refractivity contribution in [2.75, 3.05) is 0 Å². The molecule has 0 saturated carbocycles. The number of carbonyl (C=O) groups excluding carboxylic acids is 1. The zero-order valence-electron chi connectivity index (χ0n) is 9.84. The molecule has 0 aliphatic carbocycles. The SMILES string of the molecule is CCCn1ncnc1CC(=O)c1ccccc1. The Morgan fingerprint density at radius 3 is 2.76 bits per heavy atom. The van der Waals surface area contributed by atoms with E-state index in [2.05, 4.69) is 17.0 Å². The Balaban J connectivity index is 2.11. The van der Waals surface area contributed by atoms with Crippen LogP contribution in [0.3, 0.4) is 0 Å². The second-order valence-electron chi connectivity index (χ2n) is 3.87. The molecule has 0 spiro atoms. The summed E-state index contributed by atoms with van der Waals surface area (Å²) in [7, 11) is 0. The third kappa shape index (κ3) is 2.78. The molecule has 0 amide bonds. The molecule has 0 radical (unpaired) electrons. The van der Waals surface area contributed by atoms with Crippen molar-refractivity contribution in [1.29, 1.82) is 0 Å². The molecule has 4 heteroatoms. The monoisotopic (exact) mass is 229 g/mol. The molecule has 0 bridgehead atoms. The Labute approximate surface area is 100 Å². The van der Waals surface area contributed by atoms with Gasteiger partial charge < -0.3 is 0 Å². The molecule has 1 heterocycles. The van der Waals surface area contributed by atoms with Crippen LogP contribution in [0.25, 0.3) is 0 Å². The van der Waals surface area contributed by atoms with Crippen molar-refractivity contribution in [1.82, 2.24) is 14.8 Å². The van der Waals surface area contributed by atoms with Crippen molar-refractivity contribution in [3.8, 4) is 0 Å². The summed E-state index contributed by atoms with van der Waals surface area (Å²) in [4.78, 5) is 16.1. The van der Waals surface area contributed by atoms with Crippen molar-refractivity contribution >= 4 is 5.78 Å². The Kier molecular flexibility index (Phi) is 3.65. The zero-order valence-corrected chi connectivity index (χ0v) is 9.84. The van der Waals surface area contributed by atoms with Crippen LogP contribution >= 0.6 is 0 Å². The maximum Gasteiger partial charge on any atom is 0.170 e. The van der Waals surface area contributed by atoms with Gasteiger partial charge in [0.05, 0.1) is 6.42 Å². The number of rotatable bonds is 5. The number of nitrogens with zero attached hydrogens (tertiary/aromatic N) is 3. The van der Waals surface area contributed by atoms with Gasteiger partial charge in [-0.15, -0.1) is 0 Å². The lowest BCUT2D eigenvalue weighted by atomic mass is 10.1. The van der Waals surface area contributed by atoms with Crippen molar-refractivity contribution in [2.45, 2.75) is 26.3 Å². The molecule has 1 aromatic heterocycles. The fourth-order valence-electron chi connectivity index (χ4n) is 1.69. The lowest BCUT2D eigenvalue weighted by molar-refractivity contribution is 0.0989. The van der Waals surface area contributed by atoms with Crippen LogP contribution in [-0.2, 0) is 13.0 Å². The lowest BCUT2D eigenvalue weighted by Crippen LogP contribution is -2.11. The van der Waals surface area contributed by atoms with Gasteiger partial charge in [0.25, 0.3) is 0 Å². The van der Waals surface area contributed by atoms with Crippen LogP contribution in [0.2, 0.25) is 0 Å². The van der Waals surface area contributed by atoms with E-state index in [1.54, 1.807) is 4.68 Å². The smallest absolute Gasteiger partial charge is 0.170 e. The zero-order chi connectivity index (χ0) is 12.1. The Morgan fingerprint density at radius 1 is 1.29 bits per heavy atom. The number of hydrogen-bond donors (Lipinski definition) is 0. The van der Waals surface area contributed by atoms with E-state index in [0.29, 0.717) is 6.42 Å². The van der Waals surface area contributed by atoms with E-state index in [0.717, 1.165) is 24.4 Å². The van der Waals surface area contributed by atoms with Crippen LogP contribution in [0.5, 0.6) is 0 Å². The number of aromatic nitrogens is 3. The first-order chi connectivity index (χ1) is 8.31. The first-order valence-corrected chi connectivity index (χ1v) is 5.76. The number of ketones is 1. The molecule has 4 nitrogen and oxygen atoms in total. The lowest BCUT2D eigenvalue weighted by Gasteiger charge is -2.03. The van der Waals surface area contributed by atoms with Crippen LogP contribution in [-0.4, -0.2) is 20.5 Å². The van der Waals surface area contributed by atoms with Crippen LogP contribution in [0.4, 0.5) is 0 Å². The maximum absolute atomic E-state index is 12.0. The largest absolute Gasteiger partial charge is 0.294 e. The van der Waals surface area contributed by atoms with Gasteiger partial charge in [0.2, 0.25) is 0 Å². The number of hydrogen-bond acceptors (Lipinski definition) is 3. The fourth-order valence-corrected chi connectivity index (χ4v) is 1.69. The minimum absolute atomic E-state index is 0.0796. The normalized spacial score (nSPS) is 10.4. The average molecular weight is 229 g/mol. The van der Waals surface area contributed by atoms with E-state index in [1.165, 1.54) is 6.33 Å². The minimum Gasteiger partial charge on any atom is -0.294 e. The van der Waals surface area contributed by atoms with Crippen LogP contribution in [0.15, 0.2) is 36.7 Å².